The molecule has 0 bridgehead atoms. The fourth-order valence-electron chi connectivity index (χ4n) is 1.61. The lowest BCUT2D eigenvalue weighted by Gasteiger charge is -2.08. The first-order valence-corrected chi connectivity index (χ1v) is 6.49. The van der Waals surface area contributed by atoms with Crippen molar-refractivity contribution >= 4 is 17.5 Å². The van der Waals surface area contributed by atoms with Gasteiger partial charge in [-0.3, -0.25) is 9.59 Å². The molecule has 2 amide bonds. The van der Waals surface area contributed by atoms with Crippen LogP contribution in [0.25, 0.3) is 0 Å². The maximum Gasteiger partial charge on any atom is 0.251 e. The molecule has 0 saturated carbocycles. The van der Waals surface area contributed by atoms with E-state index in [-0.39, 0.29) is 11.8 Å². The Hall–Kier alpha value is -1.92. The second-order valence-electron chi connectivity index (χ2n) is 4.26. The summed E-state index contributed by atoms with van der Waals surface area (Å²) in [5.41, 5.74) is 1.14. The van der Waals surface area contributed by atoms with Crippen LogP contribution in [0.3, 0.4) is 0 Å². The van der Waals surface area contributed by atoms with Gasteiger partial charge < -0.3 is 20.7 Å². The van der Waals surface area contributed by atoms with E-state index >= 15 is 0 Å². The van der Waals surface area contributed by atoms with Gasteiger partial charge in [-0.25, -0.2) is 0 Å². The van der Waals surface area contributed by atoms with E-state index in [1.807, 2.05) is 0 Å². The highest BCUT2D eigenvalue weighted by molar-refractivity contribution is 5.96. The Morgan fingerprint density at radius 2 is 2.00 bits per heavy atom. The second-order valence-corrected chi connectivity index (χ2v) is 4.26. The van der Waals surface area contributed by atoms with Gasteiger partial charge in [0.25, 0.3) is 5.91 Å². The molecule has 20 heavy (non-hydrogen) atoms. The van der Waals surface area contributed by atoms with Gasteiger partial charge in [0.15, 0.2) is 0 Å². The summed E-state index contributed by atoms with van der Waals surface area (Å²) in [5.74, 6) is -0.323. The van der Waals surface area contributed by atoms with E-state index in [1.165, 1.54) is 6.92 Å². The largest absolute Gasteiger partial charge is 0.383 e. The number of methoxy groups -OCH3 is 1. The molecule has 0 aliphatic heterocycles. The quantitative estimate of drug-likeness (QED) is 0.609. The topological polar surface area (TPSA) is 79.5 Å². The maximum absolute atomic E-state index is 11.9. The normalized spacial score (nSPS) is 10.1. The van der Waals surface area contributed by atoms with Crippen molar-refractivity contribution in [3.63, 3.8) is 0 Å². The molecule has 0 atom stereocenters. The molecule has 0 saturated heterocycles. The molecule has 1 aromatic rings. The van der Waals surface area contributed by atoms with Gasteiger partial charge >= 0.3 is 0 Å². The van der Waals surface area contributed by atoms with Crippen molar-refractivity contribution in [1.82, 2.24) is 10.6 Å². The molecule has 0 fully saturated rings. The first-order chi connectivity index (χ1) is 9.63. The van der Waals surface area contributed by atoms with Crippen LogP contribution in [0.2, 0.25) is 0 Å². The average molecular weight is 279 g/mol. The molecule has 0 radical (unpaired) electrons. The lowest BCUT2D eigenvalue weighted by Crippen LogP contribution is -2.33. The highest BCUT2D eigenvalue weighted by Gasteiger charge is 2.05. The maximum atomic E-state index is 11.9. The smallest absolute Gasteiger partial charge is 0.251 e. The molecule has 6 heteroatoms. The van der Waals surface area contributed by atoms with E-state index in [0.29, 0.717) is 30.9 Å². The third-order valence-electron chi connectivity index (χ3n) is 2.52. The summed E-state index contributed by atoms with van der Waals surface area (Å²) in [5, 5.41) is 8.58. The van der Waals surface area contributed by atoms with Gasteiger partial charge in [0.1, 0.15) is 0 Å². The number of anilines is 1. The molecule has 0 heterocycles. The molecular formula is C14H21N3O3. The van der Waals surface area contributed by atoms with Crippen LogP contribution >= 0.6 is 0 Å². The standard InChI is InChI=1S/C14H21N3O3/c1-11(18)17-13-5-3-4-12(10-13)14(19)16-7-6-15-8-9-20-2/h3-5,10,15H,6-9H2,1-2H3,(H,16,19)(H,17,18). The van der Waals surface area contributed by atoms with Crippen LogP contribution in [0.15, 0.2) is 24.3 Å². The van der Waals surface area contributed by atoms with Crippen molar-refractivity contribution in [3.8, 4) is 0 Å². The minimum Gasteiger partial charge on any atom is -0.383 e. The predicted octanol–water partition coefficient (Wildman–Crippen LogP) is 0.611. The number of rotatable bonds is 8. The van der Waals surface area contributed by atoms with Crippen LogP contribution in [0.4, 0.5) is 5.69 Å². The molecule has 0 aliphatic rings. The third-order valence-corrected chi connectivity index (χ3v) is 2.52. The molecule has 0 spiro atoms. The minimum atomic E-state index is -0.162. The summed E-state index contributed by atoms with van der Waals surface area (Å²) >= 11 is 0. The molecule has 110 valence electrons. The van der Waals surface area contributed by atoms with Crippen LogP contribution in [0.1, 0.15) is 17.3 Å². The Morgan fingerprint density at radius 3 is 2.70 bits per heavy atom. The number of hydrogen-bond acceptors (Lipinski definition) is 4. The molecule has 6 nitrogen and oxygen atoms in total. The Bertz CT molecular complexity index is 449. The fraction of sp³-hybridized carbons (Fsp3) is 0.429. The summed E-state index contributed by atoms with van der Waals surface area (Å²) < 4.78 is 4.90. The monoisotopic (exact) mass is 279 g/mol. The van der Waals surface area contributed by atoms with E-state index in [0.717, 1.165) is 6.54 Å². The van der Waals surface area contributed by atoms with Gasteiger partial charge in [0.05, 0.1) is 6.61 Å². The fourth-order valence-corrected chi connectivity index (χ4v) is 1.61. The van der Waals surface area contributed by atoms with Gasteiger partial charge in [0, 0.05) is 44.9 Å². The van der Waals surface area contributed by atoms with Crippen LogP contribution in [-0.4, -0.2) is 45.2 Å². The molecule has 0 aliphatic carbocycles. The Kier molecular flexibility index (Phi) is 7.31. The molecular weight excluding hydrogens is 258 g/mol. The zero-order valence-corrected chi connectivity index (χ0v) is 11.9. The second kappa shape index (κ2) is 9.06. The Balaban J connectivity index is 2.37. The Labute approximate surface area is 118 Å². The van der Waals surface area contributed by atoms with Gasteiger partial charge in [-0.05, 0) is 18.2 Å². The van der Waals surface area contributed by atoms with Gasteiger partial charge in [-0.15, -0.1) is 0 Å². The van der Waals surface area contributed by atoms with Crippen LogP contribution in [0, 0.1) is 0 Å². The summed E-state index contributed by atoms with van der Waals surface area (Å²) in [6, 6.07) is 6.83. The third kappa shape index (κ3) is 6.31. The number of ether oxygens (including phenoxy) is 1. The van der Waals surface area contributed by atoms with Crippen molar-refractivity contribution in [2.45, 2.75) is 6.92 Å². The molecule has 0 unspecified atom stereocenters. The highest BCUT2D eigenvalue weighted by atomic mass is 16.5. The number of amides is 2. The number of hydrogen-bond donors (Lipinski definition) is 3. The molecule has 1 rings (SSSR count). The van der Waals surface area contributed by atoms with E-state index < -0.39 is 0 Å². The molecule has 3 N–H and O–H groups in total. The van der Waals surface area contributed by atoms with Crippen molar-refractivity contribution < 1.29 is 14.3 Å². The summed E-state index contributed by atoms with van der Waals surface area (Å²) in [6.07, 6.45) is 0. The summed E-state index contributed by atoms with van der Waals surface area (Å²) in [6.45, 7) is 4.04. The molecule has 1 aromatic carbocycles. The van der Waals surface area contributed by atoms with Crippen LogP contribution < -0.4 is 16.0 Å². The minimum absolute atomic E-state index is 0.161. The van der Waals surface area contributed by atoms with Crippen molar-refractivity contribution in [3.05, 3.63) is 29.8 Å². The van der Waals surface area contributed by atoms with Crippen LogP contribution in [-0.2, 0) is 9.53 Å². The predicted molar refractivity (Wildman–Crippen MR) is 77.8 cm³/mol. The van der Waals surface area contributed by atoms with Crippen molar-refractivity contribution in [2.75, 3.05) is 38.7 Å². The summed E-state index contributed by atoms with van der Waals surface area (Å²) in [4.78, 5) is 22.9. The highest BCUT2D eigenvalue weighted by Crippen LogP contribution is 2.10. The van der Waals surface area contributed by atoms with E-state index in [4.69, 9.17) is 4.74 Å². The Morgan fingerprint density at radius 1 is 1.20 bits per heavy atom. The lowest BCUT2D eigenvalue weighted by molar-refractivity contribution is -0.114. The van der Waals surface area contributed by atoms with E-state index in [9.17, 15) is 9.59 Å². The summed E-state index contributed by atoms with van der Waals surface area (Å²) in [7, 11) is 1.64. The number of carbonyl (C=O) groups excluding carboxylic acids is 2. The van der Waals surface area contributed by atoms with E-state index in [1.54, 1.807) is 31.4 Å². The lowest BCUT2D eigenvalue weighted by atomic mass is 10.2. The number of benzene rings is 1. The van der Waals surface area contributed by atoms with Crippen LogP contribution in [0.5, 0.6) is 0 Å². The average Bonchev–Trinajstić information content (AvgIpc) is 2.42. The van der Waals surface area contributed by atoms with Gasteiger partial charge in [0.2, 0.25) is 5.91 Å². The number of nitrogens with one attached hydrogen (secondary N) is 3. The molecule has 0 aromatic heterocycles. The van der Waals surface area contributed by atoms with Crippen molar-refractivity contribution in [1.29, 1.82) is 0 Å². The van der Waals surface area contributed by atoms with Gasteiger partial charge in [-0.2, -0.15) is 0 Å². The van der Waals surface area contributed by atoms with Crippen molar-refractivity contribution in [2.24, 2.45) is 0 Å². The van der Waals surface area contributed by atoms with Gasteiger partial charge in [-0.1, -0.05) is 6.07 Å². The zero-order valence-electron chi connectivity index (χ0n) is 11.9. The zero-order chi connectivity index (χ0) is 14.8. The first-order valence-electron chi connectivity index (χ1n) is 6.49. The van der Waals surface area contributed by atoms with E-state index in [2.05, 4.69) is 16.0 Å². The number of carbonyl (C=O) groups is 2. The SMILES string of the molecule is COCCNCCNC(=O)c1cccc(NC(C)=O)c1. The first kappa shape index (κ1) is 16.1.